The molecule has 3 aromatic rings. The van der Waals surface area contributed by atoms with Crippen LogP contribution in [0.15, 0.2) is 78.9 Å². The predicted molar refractivity (Wildman–Crippen MR) is 84.1 cm³/mol. The summed E-state index contributed by atoms with van der Waals surface area (Å²) in [6, 6.07) is 27.2. The Morgan fingerprint density at radius 2 is 1.25 bits per heavy atom. The molecular weight excluding hydrogens is 244 g/mol. The Kier molecular flexibility index (Phi) is 2.46. The molecule has 0 saturated carbocycles. The minimum Gasteiger partial charge on any atom is -0.293 e. The lowest BCUT2D eigenvalue weighted by molar-refractivity contribution is 1.15. The van der Waals surface area contributed by atoms with Crippen LogP contribution in [0.5, 0.6) is 0 Å². The fraction of sp³-hybridized carbons (Fsp3) is 0. The molecule has 0 aromatic heterocycles. The van der Waals surface area contributed by atoms with Crippen molar-refractivity contribution in [3.8, 4) is 11.1 Å². The summed E-state index contributed by atoms with van der Waals surface area (Å²) >= 11 is 0. The van der Waals surface area contributed by atoms with Crippen LogP contribution in [0.3, 0.4) is 0 Å². The van der Waals surface area contributed by atoms with Crippen molar-refractivity contribution < 1.29 is 0 Å². The highest BCUT2D eigenvalue weighted by molar-refractivity contribution is 5.94. The van der Waals surface area contributed by atoms with Gasteiger partial charge in [0.15, 0.2) is 0 Å². The topological polar surface area (TPSA) is 15.3 Å². The second-order valence-electron chi connectivity index (χ2n) is 4.85. The van der Waals surface area contributed by atoms with Crippen molar-refractivity contribution in [1.29, 1.82) is 0 Å². The number of fused-ring (bicyclic) bond motifs is 3. The van der Waals surface area contributed by atoms with Gasteiger partial charge in [0.1, 0.15) is 0 Å². The molecule has 4 rings (SSSR count). The van der Waals surface area contributed by atoms with Crippen molar-refractivity contribution in [2.75, 3.05) is 10.4 Å². The summed E-state index contributed by atoms with van der Waals surface area (Å²) in [5.41, 5.74) is 9.45. The van der Waals surface area contributed by atoms with Crippen molar-refractivity contribution >= 4 is 17.1 Å². The largest absolute Gasteiger partial charge is 0.293 e. The lowest BCUT2D eigenvalue weighted by Crippen LogP contribution is -2.28. The average Bonchev–Trinajstić information content (AvgIpc) is 2.55. The first kappa shape index (κ1) is 11.1. The van der Waals surface area contributed by atoms with E-state index in [0.29, 0.717) is 0 Å². The number of hydrogen-bond acceptors (Lipinski definition) is 2. The Hall–Kier alpha value is -2.74. The highest BCUT2D eigenvalue weighted by atomic mass is 15.5. The zero-order valence-electron chi connectivity index (χ0n) is 11.0. The molecule has 1 N–H and O–H groups in total. The molecule has 1 aliphatic rings. The van der Waals surface area contributed by atoms with E-state index in [1.54, 1.807) is 0 Å². The number of hydrazine groups is 1. The molecule has 1 heterocycles. The lowest BCUT2D eigenvalue weighted by atomic mass is 9.99. The van der Waals surface area contributed by atoms with Gasteiger partial charge in [-0.05, 0) is 24.3 Å². The van der Waals surface area contributed by atoms with Gasteiger partial charge in [0.05, 0.1) is 17.1 Å². The van der Waals surface area contributed by atoms with Crippen LogP contribution in [0.25, 0.3) is 11.1 Å². The predicted octanol–water partition coefficient (Wildman–Crippen LogP) is 4.83. The molecule has 96 valence electrons. The molecule has 1 aliphatic heterocycles. The Morgan fingerprint density at radius 1 is 0.600 bits per heavy atom. The Bertz CT molecular complexity index is 750. The average molecular weight is 258 g/mol. The van der Waals surface area contributed by atoms with Crippen LogP contribution in [-0.2, 0) is 0 Å². The summed E-state index contributed by atoms with van der Waals surface area (Å²) in [6.07, 6.45) is 0. The summed E-state index contributed by atoms with van der Waals surface area (Å²) in [7, 11) is 0. The number of hydrogen-bond donors (Lipinski definition) is 1. The van der Waals surface area contributed by atoms with Crippen LogP contribution in [0.4, 0.5) is 17.1 Å². The maximum absolute atomic E-state index is 3.50. The van der Waals surface area contributed by atoms with Crippen LogP contribution in [0.2, 0.25) is 0 Å². The molecule has 0 spiro atoms. The molecule has 0 amide bonds. The fourth-order valence-electron chi connectivity index (χ4n) is 2.67. The molecule has 0 radical (unpaired) electrons. The second-order valence-corrected chi connectivity index (χ2v) is 4.85. The van der Waals surface area contributed by atoms with Crippen LogP contribution >= 0.6 is 0 Å². The molecule has 0 bridgehead atoms. The molecule has 0 unspecified atom stereocenters. The summed E-state index contributed by atoms with van der Waals surface area (Å²) < 4.78 is 0. The van der Waals surface area contributed by atoms with Gasteiger partial charge in [-0.15, -0.1) is 0 Å². The van der Waals surface area contributed by atoms with E-state index in [-0.39, 0.29) is 0 Å². The zero-order valence-corrected chi connectivity index (χ0v) is 11.0. The molecule has 0 aliphatic carbocycles. The first-order valence-corrected chi connectivity index (χ1v) is 6.74. The smallest absolute Gasteiger partial charge is 0.0709 e. The summed E-state index contributed by atoms with van der Waals surface area (Å²) in [4.78, 5) is 0. The van der Waals surface area contributed by atoms with Crippen LogP contribution in [-0.4, -0.2) is 0 Å². The van der Waals surface area contributed by atoms with Crippen molar-refractivity contribution in [2.45, 2.75) is 0 Å². The summed E-state index contributed by atoms with van der Waals surface area (Å²) in [5, 5.41) is 2.14. The van der Waals surface area contributed by atoms with E-state index in [2.05, 4.69) is 83.2 Å². The molecule has 0 saturated heterocycles. The van der Waals surface area contributed by atoms with Gasteiger partial charge in [0.2, 0.25) is 0 Å². The van der Waals surface area contributed by atoms with E-state index in [1.807, 2.05) is 6.07 Å². The van der Waals surface area contributed by atoms with Gasteiger partial charge in [0, 0.05) is 11.1 Å². The quantitative estimate of drug-likeness (QED) is 0.672. The highest BCUT2D eigenvalue weighted by Gasteiger charge is 2.21. The van der Waals surface area contributed by atoms with E-state index in [1.165, 1.54) is 16.8 Å². The van der Waals surface area contributed by atoms with Gasteiger partial charge in [-0.1, -0.05) is 54.6 Å². The number of anilines is 3. The highest BCUT2D eigenvalue weighted by Crippen LogP contribution is 2.42. The van der Waals surface area contributed by atoms with Gasteiger partial charge in [-0.2, -0.15) is 0 Å². The number of para-hydroxylation sites is 3. The monoisotopic (exact) mass is 258 g/mol. The third-order valence-electron chi connectivity index (χ3n) is 3.61. The Morgan fingerprint density at radius 3 is 2.10 bits per heavy atom. The number of nitrogens with zero attached hydrogens (tertiary/aromatic N) is 1. The van der Waals surface area contributed by atoms with Crippen molar-refractivity contribution in [1.82, 2.24) is 0 Å². The first-order valence-electron chi connectivity index (χ1n) is 6.74. The van der Waals surface area contributed by atoms with Crippen molar-refractivity contribution in [3.05, 3.63) is 78.9 Å². The summed E-state index contributed by atoms with van der Waals surface area (Å²) in [5.74, 6) is 0. The molecule has 20 heavy (non-hydrogen) atoms. The fourth-order valence-corrected chi connectivity index (χ4v) is 2.67. The minimum atomic E-state index is 1.13. The maximum Gasteiger partial charge on any atom is 0.0709 e. The zero-order chi connectivity index (χ0) is 13.4. The lowest BCUT2D eigenvalue weighted by Gasteiger charge is -2.33. The first-order chi connectivity index (χ1) is 9.93. The number of benzene rings is 3. The molecule has 0 atom stereocenters. The number of rotatable bonds is 1. The molecule has 3 aromatic carbocycles. The van der Waals surface area contributed by atoms with Gasteiger partial charge in [-0.25, -0.2) is 0 Å². The molecular formula is C18H14N2. The van der Waals surface area contributed by atoms with E-state index in [0.717, 1.165) is 11.4 Å². The third-order valence-corrected chi connectivity index (χ3v) is 3.61. The van der Waals surface area contributed by atoms with Crippen molar-refractivity contribution in [2.24, 2.45) is 0 Å². The Balaban J connectivity index is 1.93. The minimum absolute atomic E-state index is 1.13. The summed E-state index contributed by atoms with van der Waals surface area (Å²) in [6.45, 7) is 0. The van der Waals surface area contributed by atoms with E-state index in [4.69, 9.17) is 0 Å². The van der Waals surface area contributed by atoms with Crippen LogP contribution in [0, 0.1) is 0 Å². The number of nitrogens with one attached hydrogen (secondary N) is 1. The van der Waals surface area contributed by atoms with E-state index < -0.39 is 0 Å². The van der Waals surface area contributed by atoms with Gasteiger partial charge in [-0.3, -0.25) is 10.4 Å². The second kappa shape index (κ2) is 4.42. The molecule has 0 fully saturated rings. The third kappa shape index (κ3) is 1.66. The van der Waals surface area contributed by atoms with E-state index in [9.17, 15) is 0 Å². The maximum atomic E-state index is 3.50. The van der Waals surface area contributed by atoms with E-state index >= 15 is 0 Å². The van der Waals surface area contributed by atoms with Gasteiger partial charge >= 0.3 is 0 Å². The Labute approximate surface area is 118 Å². The SMILES string of the molecule is c1ccc(N2Nc3ccccc3-c3ccccc32)cc1. The van der Waals surface area contributed by atoms with Crippen molar-refractivity contribution in [3.63, 3.8) is 0 Å². The van der Waals surface area contributed by atoms with Crippen LogP contribution < -0.4 is 10.4 Å². The van der Waals surface area contributed by atoms with Gasteiger partial charge < -0.3 is 0 Å². The van der Waals surface area contributed by atoms with Crippen LogP contribution in [0.1, 0.15) is 0 Å². The van der Waals surface area contributed by atoms with Gasteiger partial charge in [0.25, 0.3) is 0 Å². The standard InChI is InChI=1S/C18H14N2/c1-2-8-14(9-3-1)20-18-13-7-5-11-16(18)15-10-4-6-12-17(15)19-20/h1-13,19H. The molecule has 2 nitrogen and oxygen atoms in total. The molecule has 2 heteroatoms. The normalized spacial score (nSPS) is 12.3.